The first-order valence-corrected chi connectivity index (χ1v) is 10.4. The molecule has 27 heavy (non-hydrogen) atoms. The maximum Gasteiger partial charge on any atom is 0.264 e. The molecule has 1 atom stereocenters. The van der Waals surface area contributed by atoms with Gasteiger partial charge < -0.3 is 10.6 Å². The molecule has 4 rings (SSSR count). The fourth-order valence-electron chi connectivity index (χ4n) is 4.15. The van der Waals surface area contributed by atoms with Gasteiger partial charge in [-0.05, 0) is 38.2 Å². The highest BCUT2D eigenvalue weighted by atomic mass is 32.1. The Morgan fingerprint density at radius 2 is 2.00 bits per heavy atom. The highest BCUT2D eigenvalue weighted by molar-refractivity contribution is 7.20. The second kappa shape index (κ2) is 7.07. The van der Waals surface area contributed by atoms with E-state index >= 15 is 0 Å². The van der Waals surface area contributed by atoms with Crippen LogP contribution >= 0.6 is 11.3 Å². The molecule has 2 N–H and O–H groups in total. The van der Waals surface area contributed by atoms with Crippen molar-refractivity contribution in [2.75, 3.05) is 13.1 Å². The van der Waals surface area contributed by atoms with Crippen LogP contribution in [0.2, 0.25) is 0 Å². The molecule has 0 saturated carbocycles. The molecule has 0 aliphatic carbocycles. The Bertz CT molecular complexity index is 977. The van der Waals surface area contributed by atoms with E-state index in [1.165, 1.54) is 11.3 Å². The summed E-state index contributed by atoms with van der Waals surface area (Å²) in [5.74, 6) is 0.0551. The molecule has 0 bridgehead atoms. The monoisotopic (exact) mass is 388 g/mol. The third kappa shape index (κ3) is 3.16. The lowest BCUT2D eigenvalue weighted by Gasteiger charge is -2.31. The van der Waals surface area contributed by atoms with Crippen LogP contribution in [-0.4, -0.2) is 39.4 Å². The number of rotatable bonds is 2. The normalized spacial score (nSPS) is 20.3. The standard InChI is InChI=1S/C19H24N4O3S/c1-11-14-17(21-13-7-3-2-4-9-23(13)18(14)25)27-15(11)19(26)22-8-5-6-12(10-22)16(20)24/h12H,2-10H2,1H3,(H2,20,24). The van der Waals surface area contributed by atoms with Crippen LogP contribution in [0.5, 0.6) is 0 Å². The summed E-state index contributed by atoms with van der Waals surface area (Å²) in [6.45, 7) is 3.49. The van der Waals surface area contributed by atoms with Gasteiger partial charge in [-0.25, -0.2) is 4.98 Å². The van der Waals surface area contributed by atoms with Crippen LogP contribution < -0.4 is 11.3 Å². The summed E-state index contributed by atoms with van der Waals surface area (Å²) >= 11 is 1.30. The van der Waals surface area contributed by atoms with Crippen molar-refractivity contribution in [2.45, 2.75) is 52.0 Å². The Morgan fingerprint density at radius 3 is 2.78 bits per heavy atom. The van der Waals surface area contributed by atoms with Crippen molar-refractivity contribution in [3.8, 4) is 0 Å². The summed E-state index contributed by atoms with van der Waals surface area (Å²) in [5, 5.41) is 0.567. The zero-order chi connectivity index (χ0) is 19.1. The van der Waals surface area contributed by atoms with E-state index < -0.39 is 0 Å². The van der Waals surface area contributed by atoms with Crippen LogP contribution in [-0.2, 0) is 17.8 Å². The minimum Gasteiger partial charge on any atom is -0.369 e. The van der Waals surface area contributed by atoms with E-state index in [1.54, 1.807) is 9.47 Å². The van der Waals surface area contributed by atoms with Crippen molar-refractivity contribution in [2.24, 2.45) is 11.7 Å². The first kappa shape index (κ1) is 18.2. The number of thiophene rings is 1. The zero-order valence-corrected chi connectivity index (χ0v) is 16.3. The number of nitrogens with zero attached hydrogens (tertiary/aromatic N) is 3. The summed E-state index contributed by atoms with van der Waals surface area (Å²) in [7, 11) is 0. The Balaban J connectivity index is 1.73. The van der Waals surface area contributed by atoms with Gasteiger partial charge in [-0.2, -0.15) is 0 Å². The Hall–Kier alpha value is -2.22. The lowest BCUT2D eigenvalue weighted by molar-refractivity contribution is -0.123. The minimum atomic E-state index is -0.357. The molecule has 2 aromatic rings. The molecule has 2 amide bonds. The van der Waals surface area contributed by atoms with Gasteiger partial charge in [0.15, 0.2) is 0 Å². The Morgan fingerprint density at radius 1 is 1.19 bits per heavy atom. The van der Waals surface area contributed by atoms with Crippen LogP contribution in [0, 0.1) is 12.8 Å². The average molecular weight is 388 g/mol. The first-order valence-electron chi connectivity index (χ1n) is 9.58. The number of nitrogens with two attached hydrogens (primary N) is 1. The first-order chi connectivity index (χ1) is 13.0. The molecule has 7 nitrogen and oxygen atoms in total. The fourth-order valence-corrected chi connectivity index (χ4v) is 5.31. The summed E-state index contributed by atoms with van der Waals surface area (Å²) < 4.78 is 1.79. The second-order valence-corrected chi connectivity index (χ2v) is 8.52. The molecule has 2 aliphatic heterocycles. The largest absolute Gasteiger partial charge is 0.369 e. The van der Waals surface area contributed by atoms with E-state index in [9.17, 15) is 14.4 Å². The molecule has 4 heterocycles. The quantitative estimate of drug-likeness (QED) is 0.848. The number of aromatic nitrogens is 2. The summed E-state index contributed by atoms with van der Waals surface area (Å²) in [5.41, 5.74) is 6.11. The lowest BCUT2D eigenvalue weighted by Crippen LogP contribution is -2.44. The van der Waals surface area contributed by atoms with E-state index in [1.807, 2.05) is 6.92 Å². The van der Waals surface area contributed by atoms with Gasteiger partial charge >= 0.3 is 0 Å². The molecular weight excluding hydrogens is 364 g/mol. The van der Waals surface area contributed by atoms with E-state index in [0.717, 1.165) is 44.3 Å². The van der Waals surface area contributed by atoms with Gasteiger partial charge in [0.05, 0.1) is 16.2 Å². The van der Waals surface area contributed by atoms with Crippen molar-refractivity contribution in [3.63, 3.8) is 0 Å². The second-order valence-electron chi connectivity index (χ2n) is 7.52. The van der Waals surface area contributed by atoms with Crippen molar-refractivity contribution in [1.82, 2.24) is 14.5 Å². The minimum absolute atomic E-state index is 0.0293. The molecule has 144 valence electrons. The molecule has 2 aliphatic rings. The fraction of sp³-hybridized carbons (Fsp3) is 0.579. The highest BCUT2D eigenvalue weighted by Gasteiger charge is 2.30. The summed E-state index contributed by atoms with van der Waals surface area (Å²) in [4.78, 5) is 45.3. The van der Waals surface area contributed by atoms with Crippen LogP contribution in [0.15, 0.2) is 4.79 Å². The number of fused-ring (bicyclic) bond motifs is 2. The lowest BCUT2D eigenvalue weighted by atomic mass is 9.97. The van der Waals surface area contributed by atoms with Gasteiger partial charge in [-0.1, -0.05) is 6.42 Å². The summed E-state index contributed by atoms with van der Waals surface area (Å²) in [6.07, 6.45) is 5.42. The van der Waals surface area contributed by atoms with E-state index in [4.69, 9.17) is 10.7 Å². The van der Waals surface area contributed by atoms with Gasteiger partial charge in [0, 0.05) is 26.1 Å². The Kier molecular flexibility index (Phi) is 4.75. The van der Waals surface area contributed by atoms with Gasteiger partial charge in [-0.15, -0.1) is 11.3 Å². The van der Waals surface area contributed by atoms with E-state index in [2.05, 4.69) is 0 Å². The van der Waals surface area contributed by atoms with Crippen LogP contribution in [0.4, 0.5) is 0 Å². The maximum absolute atomic E-state index is 13.1. The van der Waals surface area contributed by atoms with Crippen molar-refractivity contribution < 1.29 is 9.59 Å². The smallest absolute Gasteiger partial charge is 0.264 e. The number of likely N-dealkylation sites (tertiary alicyclic amines) is 1. The number of carbonyl (C=O) groups is 2. The average Bonchev–Trinajstić information content (AvgIpc) is 2.83. The zero-order valence-electron chi connectivity index (χ0n) is 15.5. The third-order valence-electron chi connectivity index (χ3n) is 5.72. The molecule has 2 aromatic heterocycles. The molecule has 1 saturated heterocycles. The van der Waals surface area contributed by atoms with Gasteiger partial charge in [-0.3, -0.25) is 19.0 Å². The predicted molar refractivity (Wildman–Crippen MR) is 104 cm³/mol. The number of hydrogen-bond donors (Lipinski definition) is 1. The SMILES string of the molecule is Cc1c(C(=O)N2CCCC(C(N)=O)C2)sc2nc3n(c(=O)c12)CCCCC3. The number of amides is 2. The summed E-state index contributed by atoms with van der Waals surface area (Å²) in [6, 6.07) is 0. The van der Waals surface area contributed by atoms with Gasteiger partial charge in [0.1, 0.15) is 10.7 Å². The topological polar surface area (TPSA) is 98.3 Å². The molecular formula is C19H24N4O3S. The van der Waals surface area contributed by atoms with Crippen molar-refractivity contribution in [3.05, 3.63) is 26.6 Å². The van der Waals surface area contributed by atoms with Crippen molar-refractivity contribution >= 4 is 33.4 Å². The molecule has 0 radical (unpaired) electrons. The van der Waals surface area contributed by atoms with Gasteiger partial charge in [0.2, 0.25) is 5.91 Å². The molecule has 1 fully saturated rings. The van der Waals surface area contributed by atoms with E-state index in [0.29, 0.717) is 40.3 Å². The van der Waals surface area contributed by atoms with Crippen LogP contribution in [0.1, 0.15) is 53.2 Å². The van der Waals surface area contributed by atoms with Crippen molar-refractivity contribution in [1.29, 1.82) is 0 Å². The third-order valence-corrected chi connectivity index (χ3v) is 6.89. The number of primary amides is 1. The van der Waals surface area contributed by atoms with Crippen LogP contribution in [0.25, 0.3) is 10.2 Å². The number of hydrogen-bond acceptors (Lipinski definition) is 5. The van der Waals surface area contributed by atoms with Gasteiger partial charge in [0.25, 0.3) is 11.5 Å². The number of aryl methyl sites for hydroxylation is 2. The maximum atomic E-state index is 13.1. The molecule has 8 heteroatoms. The Labute approximate surface area is 161 Å². The molecule has 0 spiro atoms. The molecule has 1 unspecified atom stereocenters. The predicted octanol–water partition coefficient (Wildman–Crippen LogP) is 1.83. The highest BCUT2D eigenvalue weighted by Crippen LogP contribution is 2.30. The number of piperidine rings is 1. The van der Waals surface area contributed by atoms with Crippen LogP contribution in [0.3, 0.4) is 0 Å². The number of carbonyl (C=O) groups excluding carboxylic acids is 2. The molecule has 0 aromatic carbocycles. The van der Waals surface area contributed by atoms with E-state index in [-0.39, 0.29) is 23.3 Å².